The summed E-state index contributed by atoms with van der Waals surface area (Å²) in [5.41, 5.74) is 0. The Labute approximate surface area is 74.0 Å². The first-order chi connectivity index (χ1) is 3.71. The maximum Gasteiger partial charge on any atom is 1.00 e. The van der Waals surface area contributed by atoms with Gasteiger partial charge in [0.05, 0.1) is 0 Å². The van der Waals surface area contributed by atoms with E-state index in [1.54, 1.807) is 0 Å². The van der Waals surface area contributed by atoms with E-state index in [0.29, 0.717) is 0 Å². The van der Waals surface area contributed by atoms with Crippen LogP contribution in [-0.4, -0.2) is 16.8 Å². The number of hydrogen-bond acceptors (Lipinski definition) is 4. The third-order valence-electron chi connectivity index (χ3n) is 0.226. The molecule has 0 atom stereocenters. The summed E-state index contributed by atoms with van der Waals surface area (Å²) in [6, 6.07) is 0. The third-order valence-corrected chi connectivity index (χ3v) is 2.03. The minimum Gasteiger partial charge on any atom is -0.550 e. The maximum absolute atomic E-state index is 9.81. The van der Waals surface area contributed by atoms with Gasteiger partial charge in [-0.2, -0.15) is 8.42 Å². The maximum atomic E-state index is 9.81. The number of nitrogens with two attached hydrogens (primary N) is 1. The zero-order chi connectivity index (χ0) is 7.71. The molecule has 0 bridgehead atoms. The first-order valence-electron chi connectivity index (χ1n) is 1.51. The van der Waals surface area contributed by atoms with E-state index in [1.165, 1.54) is 0 Å². The molecule has 0 saturated carbocycles. The molecule has 0 aliphatic carbocycles. The van der Waals surface area contributed by atoms with Gasteiger partial charge in [0, 0.05) is 0 Å². The SMILES string of the molecule is [Ag+].[NH-]S(=O)(=O)NS(N)(=O)=O. The van der Waals surface area contributed by atoms with Crippen LogP contribution in [0.15, 0.2) is 0 Å². The summed E-state index contributed by atoms with van der Waals surface area (Å²) in [5, 5.41) is 10.2. The number of hydrogen-bond donors (Lipinski definition) is 2. The van der Waals surface area contributed by atoms with E-state index < -0.39 is 20.4 Å². The molecule has 0 aromatic rings. The van der Waals surface area contributed by atoms with Crippen molar-refractivity contribution in [1.29, 1.82) is 0 Å². The van der Waals surface area contributed by atoms with Crippen molar-refractivity contribution in [2.24, 2.45) is 5.14 Å². The fraction of sp³-hybridized carbons (Fsp3) is 0. The van der Waals surface area contributed by atoms with Crippen molar-refractivity contribution in [3.63, 3.8) is 0 Å². The van der Waals surface area contributed by atoms with Gasteiger partial charge in [-0.25, -0.2) is 13.6 Å². The van der Waals surface area contributed by atoms with Crippen molar-refractivity contribution in [2.45, 2.75) is 0 Å². The molecule has 0 saturated heterocycles. The average molecular weight is 282 g/mol. The molecule has 0 aromatic heterocycles. The summed E-state index contributed by atoms with van der Waals surface area (Å²) in [5.74, 6) is 0. The first-order valence-corrected chi connectivity index (χ1v) is 4.54. The van der Waals surface area contributed by atoms with Crippen molar-refractivity contribution in [1.82, 2.24) is 4.13 Å². The largest absolute Gasteiger partial charge is 1.00 e. The summed E-state index contributed by atoms with van der Waals surface area (Å²) < 4.78 is 40.0. The van der Waals surface area contributed by atoms with Gasteiger partial charge in [-0.15, -0.1) is 4.13 Å². The number of rotatable bonds is 2. The Morgan fingerprint density at radius 3 is 1.50 bits per heavy atom. The summed E-state index contributed by atoms with van der Waals surface area (Å²) in [6.45, 7) is 0. The fourth-order valence-corrected chi connectivity index (χ4v) is 1.38. The van der Waals surface area contributed by atoms with Crippen LogP contribution < -0.4 is 9.27 Å². The molecule has 0 aliphatic heterocycles. The third kappa shape index (κ3) is 11.3. The van der Waals surface area contributed by atoms with Crippen LogP contribution in [0.4, 0.5) is 0 Å². The van der Waals surface area contributed by atoms with Crippen LogP contribution in [-0.2, 0) is 42.8 Å². The summed E-state index contributed by atoms with van der Waals surface area (Å²) in [6.07, 6.45) is 0. The van der Waals surface area contributed by atoms with Gasteiger partial charge in [0.25, 0.3) is 10.2 Å². The van der Waals surface area contributed by atoms with Crippen LogP contribution in [0.5, 0.6) is 0 Å². The molecular weight excluding hydrogens is 278 g/mol. The molecule has 0 aromatic carbocycles. The van der Waals surface area contributed by atoms with E-state index in [-0.39, 0.29) is 22.4 Å². The molecule has 0 unspecified atom stereocenters. The minimum atomic E-state index is -4.49. The predicted octanol–water partition coefficient (Wildman–Crippen LogP) is -1.93. The molecule has 0 aliphatic rings. The monoisotopic (exact) mass is 281 g/mol. The smallest absolute Gasteiger partial charge is 0.550 e. The van der Waals surface area contributed by atoms with Crippen LogP contribution in [0.25, 0.3) is 5.14 Å². The molecule has 0 amide bonds. The van der Waals surface area contributed by atoms with Crippen molar-refractivity contribution in [3.05, 3.63) is 5.14 Å². The van der Waals surface area contributed by atoms with Crippen LogP contribution in [0.2, 0.25) is 0 Å². The molecule has 0 heterocycles. The minimum absolute atomic E-state index is 0. The number of nitrogens with one attached hydrogen (secondary N) is 2. The Bertz CT molecular complexity index is 244. The molecule has 0 fully saturated rings. The molecular formula is H4AgN3O4S2. The second-order valence-corrected chi connectivity index (χ2v) is 3.90. The van der Waals surface area contributed by atoms with Crippen LogP contribution >= 0.6 is 0 Å². The van der Waals surface area contributed by atoms with Crippen molar-refractivity contribution in [3.8, 4) is 0 Å². The molecule has 7 nitrogen and oxygen atoms in total. The van der Waals surface area contributed by atoms with Crippen LogP contribution in [0.3, 0.4) is 0 Å². The molecule has 4 N–H and O–H groups in total. The second-order valence-electron chi connectivity index (χ2n) is 1.13. The summed E-state index contributed by atoms with van der Waals surface area (Å²) in [7, 11) is -8.80. The van der Waals surface area contributed by atoms with Gasteiger partial charge in [-0.1, -0.05) is 0 Å². The van der Waals surface area contributed by atoms with E-state index in [1.807, 2.05) is 0 Å². The second kappa shape index (κ2) is 3.78. The molecule has 10 heteroatoms. The van der Waals surface area contributed by atoms with E-state index in [0.717, 1.165) is 4.13 Å². The normalized spacial score (nSPS) is 12.2. The topological polar surface area (TPSA) is 130 Å². The zero-order valence-electron chi connectivity index (χ0n) is 4.33. The fourth-order valence-electron chi connectivity index (χ4n) is 0.153. The van der Waals surface area contributed by atoms with E-state index in [2.05, 4.69) is 5.14 Å². The van der Waals surface area contributed by atoms with Gasteiger partial charge in [-0.05, 0) is 0 Å². The molecule has 10 heavy (non-hydrogen) atoms. The van der Waals surface area contributed by atoms with Gasteiger partial charge in [0.15, 0.2) is 0 Å². The molecule has 0 radical (unpaired) electrons. The molecule has 66 valence electrons. The zero-order valence-corrected chi connectivity index (χ0v) is 7.44. The Morgan fingerprint density at radius 1 is 1.20 bits per heavy atom. The Kier molecular flexibility index (Phi) is 4.97. The molecule has 0 rings (SSSR count). The summed E-state index contributed by atoms with van der Waals surface area (Å²) >= 11 is 0. The van der Waals surface area contributed by atoms with Crippen molar-refractivity contribution in [2.75, 3.05) is 0 Å². The standard InChI is InChI=1S/Ag.H4N3O4S2/c;1-8(4,5)3-9(2,6)7/h;3H,(H3-,1,2,4,5,6,7)/q+1;-1. The van der Waals surface area contributed by atoms with E-state index in [4.69, 9.17) is 5.14 Å². The van der Waals surface area contributed by atoms with Gasteiger partial charge >= 0.3 is 22.4 Å². The van der Waals surface area contributed by atoms with Gasteiger partial charge in [-0.3, -0.25) is 0 Å². The van der Waals surface area contributed by atoms with Gasteiger partial charge in [0.1, 0.15) is 10.2 Å². The van der Waals surface area contributed by atoms with Crippen LogP contribution in [0.1, 0.15) is 0 Å². The summed E-state index contributed by atoms with van der Waals surface area (Å²) in [4.78, 5) is 0. The quantitative estimate of drug-likeness (QED) is 0.571. The Balaban J connectivity index is 0. The van der Waals surface area contributed by atoms with Gasteiger partial charge in [0.2, 0.25) is 0 Å². The van der Waals surface area contributed by atoms with Crippen LogP contribution in [0, 0.1) is 0 Å². The van der Waals surface area contributed by atoms with E-state index >= 15 is 0 Å². The van der Waals surface area contributed by atoms with Gasteiger partial charge < -0.3 is 5.14 Å². The van der Waals surface area contributed by atoms with E-state index in [9.17, 15) is 16.8 Å². The van der Waals surface area contributed by atoms with Crippen molar-refractivity contribution >= 4 is 20.4 Å². The Hall–Kier alpha value is 0.520. The molecule has 0 spiro atoms. The average Bonchev–Trinajstić information content (AvgIpc) is 1.14. The van der Waals surface area contributed by atoms with Crippen molar-refractivity contribution < 1.29 is 39.2 Å². The predicted molar refractivity (Wildman–Crippen MR) is 29.5 cm³/mol. The first kappa shape index (κ1) is 13.1. The Morgan fingerprint density at radius 2 is 1.50 bits per heavy atom.